The highest BCUT2D eigenvalue weighted by molar-refractivity contribution is 5.77. The van der Waals surface area contributed by atoms with E-state index >= 15 is 0 Å². The lowest BCUT2D eigenvalue weighted by molar-refractivity contribution is -0.133. The summed E-state index contributed by atoms with van der Waals surface area (Å²) in [7, 11) is 1.82. The molecule has 0 bridgehead atoms. The van der Waals surface area contributed by atoms with Gasteiger partial charge in [-0.15, -0.1) is 0 Å². The van der Waals surface area contributed by atoms with E-state index in [-0.39, 0.29) is 11.8 Å². The summed E-state index contributed by atoms with van der Waals surface area (Å²) in [5, 5.41) is 0. The predicted molar refractivity (Wildman–Crippen MR) is 73.4 cm³/mol. The Labute approximate surface area is 109 Å². The number of rotatable bonds is 6. The molecule has 0 heterocycles. The molecule has 1 amide bonds. The SMILES string of the molecule is C=CCOc1ccc(CN(C)C(=O)C(C)C)cc1. The Kier molecular flexibility index (Phi) is 5.43. The van der Waals surface area contributed by atoms with E-state index in [0.29, 0.717) is 13.2 Å². The molecule has 1 aromatic rings. The topological polar surface area (TPSA) is 29.5 Å². The van der Waals surface area contributed by atoms with E-state index in [1.54, 1.807) is 11.0 Å². The van der Waals surface area contributed by atoms with Crippen molar-refractivity contribution in [1.29, 1.82) is 0 Å². The average molecular weight is 247 g/mol. The summed E-state index contributed by atoms with van der Waals surface area (Å²) < 4.78 is 5.40. The highest BCUT2D eigenvalue weighted by Gasteiger charge is 2.12. The van der Waals surface area contributed by atoms with Crippen LogP contribution in [0.3, 0.4) is 0 Å². The largest absolute Gasteiger partial charge is 0.490 e. The molecule has 1 aromatic carbocycles. The molecule has 0 saturated heterocycles. The van der Waals surface area contributed by atoms with Gasteiger partial charge in [0.05, 0.1) is 0 Å². The van der Waals surface area contributed by atoms with Crippen LogP contribution in [0, 0.1) is 5.92 Å². The minimum absolute atomic E-state index is 0.0326. The predicted octanol–water partition coefficient (Wildman–Crippen LogP) is 2.87. The summed E-state index contributed by atoms with van der Waals surface area (Å²) in [6.45, 7) is 8.54. The molecule has 0 saturated carbocycles. The highest BCUT2D eigenvalue weighted by Crippen LogP contribution is 2.14. The van der Waals surface area contributed by atoms with Gasteiger partial charge in [-0.25, -0.2) is 0 Å². The third kappa shape index (κ3) is 4.24. The quantitative estimate of drug-likeness (QED) is 0.723. The van der Waals surface area contributed by atoms with Gasteiger partial charge in [0, 0.05) is 19.5 Å². The van der Waals surface area contributed by atoms with Gasteiger partial charge in [0.2, 0.25) is 5.91 Å². The molecule has 0 aromatic heterocycles. The molecule has 0 unspecified atom stereocenters. The number of benzene rings is 1. The minimum atomic E-state index is 0.0326. The lowest BCUT2D eigenvalue weighted by atomic mass is 10.1. The molecule has 0 aliphatic rings. The second-order valence-corrected chi connectivity index (χ2v) is 4.59. The summed E-state index contributed by atoms with van der Waals surface area (Å²) in [6, 6.07) is 7.77. The van der Waals surface area contributed by atoms with Crippen molar-refractivity contribution in [2.24, 2.45) is 5.92 Å². The van der Waals surface area contributed by atoms with Crippen LogP contribution in [0.15, 0.2) is 36.9 Å². The fourth-order valence-electron chi connectivity index (χ4n) is 1.64. The van der Waals surface area contributed by atoms with E-state index in [2.05, 4.69) is 6.58 Å². The molecule has 18 heavy (non-hydrogen) atoms. The van der Waals surface area contributed by atoms with E-state index < -0.39 is 0 Å². The monoisotopic (exact) mass is 247 g/mol. The molecule has 0 fully saturated rings. The number of carbonyl (C=O) groups excluding carboxylic acids is 1. The lowest BCUT2D eigenvalue weighted by Crippen LogP contribution is -2.29. The summed E-state index contributed by atoms with van der Waals surface area (Å²) in [5.41, 5.74) is 1.09. The molecule has 1 rings (SSSR count). The van der Waals surface area contributed by atoms with Crippen molar-refractivity contribution in [2.75, 3.05) is 13.7 Å². The third-order valence-corrected chi connectivity index (χ3v) is 2.58. The molecule has 0 atom stereocenters. The van der Waals surface area contributed by atoms with E-state index in [0.717, 1.165) is 11.3 Å². The van der Waals surface area contributed by atoms with Crippen molar-refractivity contribution in [2.45, 2.75) is 20.4 Å². The summed E-state index contributed by atoms with van der Waals surface area (Å²) in [5.74, 6) is 1.00. The van der Waals surface area contributed by atoms with Crippen molar-refractivity contribution in [3.05, 3.63) is 42.5 Å². The maximum atomic E-state index is 11.7. The van der Waals surface area contributed by atoms with Crippen molar-refractivity contribution in [3.63, 3.8) is 0 Å². The zero-order valence-electron chi connectivity index (χ0n) is 11.3. The van der Waals surface area contributed by atoms with Crippen LogP contribution in [0.25, 0.3) is 0 Å². The van der Waals surface area contributed by atoms with Crippen molar-refractivity contribution >= 4 is 5.91 Å². The van der Waals surface area contributed by atoms with Crippen molar-refractivity contribution < 1.29 is 9.53 Å². The summed E-state index contributed by atoms with van der Waals surface area (Å²) in [4.78, 5) is 13.5. The van der Waals surface area contributed by atoms with E-state index in [1.807, 2.05) is 45.2 Å². The first kappa shape index (κ1) is 14.3. The lowest BCUT2D eigenvalue weighted by Gasteiger charge is -2.19. The number of hydrogen-bond donors (Lipinski definition) is 0. The zero-order valence-corrected chi connectivity index (χ0v) is 11.3. The fourth-order valence-corrected chi connectivity index (χ4v) is 1.64. The average Bonchev–Trinajstić information content (AvgIpc) is 2.36. The van der Waals surface area contributed by atoms with Crippen LogP contribution < -0.4 is 4.74 Å². The fraction of sp³-hybridized carbons (Fsp3) is 0.400. The van der Waals surface area contributed by atoms with Crippen LogP contribution in [0.4, 0.5) is 0 Å². The molecule has 0 N–H and O–H groups in total. The summed E-state index contributed by atoms with van der Waals surface area (Å²) >= 11 is 0. The first-order valence-corrected chi connectivity index (χ1v) is 6.12. The molecule has 98 valence electrons. The minimum Gasteiger partial charge on any atom is -0.490 e. The number of ether oxygens (including phenoxy) is 1. The Bertz CT molecular complexity index is 395. The van der Waals surface area contributed by atoms with Gasteiger partial charge < -0.3 is 9.64 Å². The Morgan fingerprint density at radius 1 is 1.39 bits per heavy atom. The highest BCUT2D eigenvalue weighted by atomic mass is 16.5. The molecule has 3 nitrogen and oxygen atoms in total. The van der Waals surface area contributed by atoms with Crippen LogP contribution in [0.2, 0.25) is 0 Å². The van der Waals surface area contributed by atoms with Crippen LogP contribution in [-0.2, 0) is 11.3 Å². The van der Waals surface area contributed by atoms with Gasteiger partial charge in [0.1, 0.15) is 12.4 Å². The molecule has 0 spiro atoms. The van der Waals surface area contributed by atoms with Crippen LogP contribution in [0.5, 0.6) is 5.75 Å². The van der Waals surface area contributed by atoms with Crippen LogP contribution >= 0.6 is 0 Å². The Hall–Kier alpha value is -1.77. The molecule has 3 heteroatoms. The molecule has 0 aliphatic heterocycles. The first-order valence-electron chi connectivity index (χ1n) is 6.12. The van der Waals surface area contributed by atoms with Gasteiger partial charge >= 0.3 is 0 Å². The number of amides is 1. The Morgan fingerprint density at radius 2 is 2.00 bits per heavy atom. The first-order chi connectivity index (χ1) is 8.54. The number of hydrogen-bond acceptors (Lipinski definition) is 2. The van der Waals surface area contributed by atoms with Crippen LogP contribution in [-0.4, -0.2) is 24.5 Å². The molecular weight excluding hydrogens is 226 g/mol. The van der Waals surface area contributed by atoms with Crippen molar-refractivity contribution in [3.8, 4) is 5.75 Å². The Balaban J connectivity index is 2.58. The van der Waals surface area contributed by atoms with Crippen molar-refractivity contribution in [1.82, 2.24) is 4.90 Å². The van der Waals surface area contributed by atoms with Gasteiger partial charge in [-0.3, -0.25) is 4.79 Å². The number of nitrogens with zero attached hydrogens (tertiary/aromatic N) is 1. The maximum Gasteiger partial charge on any atom is 0.225 e. The second-order valence-electron chi connectivity index (χ2n) is 4.59. The van der Waals surface area contributed by atoms with Gasteiger partial charge in [0.15, 0.2) is 0 Å². The number of carbonyl (C=O) groups is 1. The maximum absolute atomic E-state index is 11.7. The van der Waals surface area contributed by atoms with Gasteiger partial charge in [-0.2, -0.15) is 0 Å². The van der Waals surface area contributed by atoms with E-state index in [1.165, 1.54) is 0 Å². The third-order valence-electron chi connectivity index (χ3n) is 2.58. The Morgan fingerprint density at radius 3 is 2.50 bits per heavy atom. The summed E-state index contributed by atoms with van der Waals surface area (Å²) in [6.07, 6.45) is 1.71. The van der Waals surface area contributed by atoms with E-state index in [4.69, 9.17) is 4.74 Å². The molecular formula is C15H21NO2. The van der Waals surface area contributed by atoms with E-state index in [9.17, 15) is 4.79 Å². The smallest absolute Gasteiger partial charge is 0.225 e. The molecule has 0 radical (unpaired) electrons. The van der Waals surface area contributed by atoms with Gasteiger partial charge in [0.25, 0.3) is 0 Å². The second kappa shape index (κ2) is 6.84. The zero-order chi connectivity index (χ0) is 13.5. The molecule has 0 aliphatic carbocycles. The normalized spacial score (nSPS) is 10.2. The van der Waals surface area contributed by atoms with Crippen LogP contribution in [0.1, 0.15) is 19.4 Å². The van der Waals surface area contributed by atoms with Gasteiger partial charge in [-0.1, -0.05) is 38.6 Å². The standard InChI is InChI=1S/C15H21NO2/c1-5-10-18-14-8-6-13(7-9-14)11-16(4)15(17)12(2)3/h5-9,12H,1,10-11H2,2-4H3. The van der Waals surface area contributed by atoms with Gasteiger partial charge in [-0.05, 0) is 17.7 Å².